The SMILES string of the molecule is COc1cccc(OC)c1-c1ccc(C[C@H](NC(=O)c2c(F)cc(NS(=O)(=O)c3ccc(-c4ccnc(F)c4)cc3)cc2F)C(=O)O)c2nccnc12. The second kappa shape index (κ2) is 15.0. The van der Waals surface area contributed by atoms with E-state index in [0.29, 0.717) is 62.5 Å². The van der Waals surface area contributed by atoms with Gasteiger partial charge in [-0.15, -0.1) is 0 Å². The Kier molecular flexibility index (Phi) is 10.2. The minimum atomic E-state index is -4.37. The fraction of sp³-hybridized carbons (Fsp3) is 0.108. The number of anilines is 1. The number of methoxy groups -OCH3 is 2. The van der Waals surface area contributed by atoms with Gasteiger partial charge in [0.1, 0.15) is 34.7 Å². The van der Waals surface area contributed by atoms with Crippen LogP contribution in [0.15, 0.2) is 102 Å². The number of carbonyl (C=O) groups is 2. The molecule has 1 atom stereocenters. The van der Waals surface area contributed by atoms with Gasteiger partial charge >= 0.3 is 5.97 Å². The van der Waals surface area contributed by atoms with Crippen LogP contribution in [0, 0.1) is 17.6 Å². The van der Waals surface area contributed by atoms with Crippen LogP contribution in [0.25, 0.3) is 33.3 Å². The zero-order chi connectivity index (χ0) is 37.9. The number of benzene rings is 4. The molecule has 270 valence electrons. The van der Waals surface area contributed by atoms with Gasteiger partial charge in [-0.05, 0) is 59.2 Å². The number of nitrogens with one attached hydrogen (secondary N) is 2. The van der Waals surface area contributed by atoms with E-state index in [1.54, 1.807) is 30.3 Å². The Morgan fingerprint density at radius 2 is 1.43 bits per heavy atom. The van der Waals surface area contributed by atoms with Gasteiger partial charge in [0.2, 0.25) is 5.95 Å². The fourth-order valence-electron chi connectivity index (χ4n) is 5.72. The number of nitrogens with zero attached hydrogens (tertiary/aromatic N) is 3. The minimum absolute atomic E-state index is 0.269. The molecule has 4 aromatic carbocycles. The first kappa shape index (κ1) is 36.2. The number of halogens is 3. The van der Waals surface area contributed by atoms with Gasteiger partial charge in [0.15, 0.2) is 0 Å². The molecule has 0 saturated heterocycles. The number of aromatic nitrogens is 3. The average Bonchev–Trinajstić information content (AvgIpc) is 3.14. The van der Waals surface area contributed by atoms with Crippen molar-refractivity contribution in [3.8, 4) is 33.8 Å². The van der Waals surface area contributed by atoms with Crippen molar-refractivity contribution in [1.29, 1.82) is 0 Å². The van der Waals surface area contributed by atoms with Gasteiger partial charge in [-0.25, -0.2) is 27.0 Å². The second-order valence-corrected chi connectivity index (χ2v) is 13.1. The summed E-state index contributed by atoms with van der Waals surface area (Å²) < 4.78 is 83.2. The number of ether oxygens (including phenoxy) is 2. The van der Waals surface area contributed by atoms with Crippen LogP contribution in [0.2, 0.25) is 0 Å². The predicted molar refractivity (Wildman–Crippen MR) is 187 cm³/mol. The Labute approximate surface area is 300 Å². The van der Waals surface area contributed by atoms with E-state index in [2.05, 4.69) is 25.0 Å². The van der Waals surface area contributed by atoms with Crippen molar-refractivity contribution in [1.82, 2.24) is 20.3 Å². The van der Waals surface area contributed by atoms with E-state index in [9.17, 15) is 27.5 Å². The fourth-order valence-corrected chi connectivity index (χ4v) is 6.76. The summed E-state index contributed by atoms with van der Waals surface area (Å²) in [6.07, 6.45) is 3.76. The second-order valence-electron chi connectivity index (χ2n) is 11.4. The minimum Gasteiger partial charge on any atom is -0.496 e. The maximum atomic E-state index is 15.3. The summed E-state index contributed by atoms with van der Waals surface area (Å²) >= 11 is 0. The Morgan fingerprint density at radius 1 is 0.792 bits per heavy atom. The van der Waals surface area contributed by atoms with Crippen LogP contribution >= 0.6 is 0 Å². The van der Waals surface area contributed by atoms with E-state index >= 15 is 8.78 Å². The van der Waals surface area contributed by atoms with Crippen molar-refractivity contribution in [2.45, 2.75) is 17.4 Å². The number of fused-ring (bicyclic) bond motifs is 1. The standard InChI is InChI=1S/C37H28F3N5O7S/c1-51-29-4-3-5-30(52-2)32(29)25-11-8-22(34-35(25)43-15-14-42-34)16-28(37(47)48)44-36(46)33-26(38)18-23(19-27(33)39)45-53(49,50)24-9-6-20(7-10-24)21-12-13-41-31(40)17-21/h3-15,17-19,28,45H,16H2,1-2H3,(H,44,46)(H,47,48)/t28-/m0/s1. The molecule has 0 bridgehead atoms. The molecule has 6 aromatic rings. The number of hydrogen-bond acceptors (Lipinski definition) is 9. The molecule has 53 heavy (non-hydrogen) atoms. The Morgan fingerprint density at radius 3 is 2.04 bits per heavy atom. The lowest BCUT2D eigenvalue weighted by Crippen LogP contribution is -2.43. The first-order valence-corrected chi connectivity index (χ1v) is 17.1. The van der Waals surface area contributed by atoms with Crippen molar-refractivity contribution in [3.63, 3.8) is 0 Å². The third-order valence-electron chi connectivity index (χ3n) is 8.18. The molecule has 1 amide bonds. The highest BCUT2D eigenvalue weighted by Crippen LogP contribution is 2.41. The quantitative estimate of drug-likeness (QED) is 0.126. The van der Waals surface area contributed by atoms with E-state index in [1.807, 2.05) is 0 Å². The average molecular weight is 744 g/mol. The highest BCUT2D eigenvalue weighted by atomic mass is 32.2. The van der Waals surface area contributed by atoms with Gasteiger partial charge in [0.05, 0.1) is 41.4 Å². The van der Waals surface area contributed by atoms with Crippen LogP contribution in [0.5, 0.6) is 11.5 Å². The highest BCUT2D eigenvalue weighted by Gasteiger charge is 2.28. The molecule has 16 heteroatoms. The summed E-state index contributed by atoms with van der Waals surface area (Å²) in [7, 11) is -1.38. The molecule has 6 rings (SSSR count). The third kappa shape index (κ3) is 7.57. The van der Waals surface area contributed by atoms with Gasteiger partial charge in [-0.3, -0.25) is 19.5 Å². The smallest absolute Gasteiger partial charge is 0.326 e. The third-order valence-corrected chi connectivity index (χ3v) is 9.58. The van der Waals surface area contributed by atoms with Gasteiger partial charge in [-0.1, -0.05) is 30.3 Å². The first-order valence-electron chi connectivity index (χ1n) is 15.6. The number of hydrogen-bond donors (Lipinski definition) is 3. The van der Waals surface area contributed by atoms with Crippen molar-refractivity contribution < 1.29 is 45.8 Å². The molecule has 0 aliphatic heterocycles. The summed E-state index contributed by atoms with van der Waals surface area (Å²) in [4.78, 5) is 37.5. The molecule has 2 aromatic heterocycles. The molecule has 2 heterocycles. The van der Waals surface area contributed by atoms with E-state index in [1.165, 1.54) is 69.2 Å². The molecule has 0 aliphatic carbocycles. The number of amides is 1. The zero-order valence-corrected chi connectivity index (χ0v) is 28.6. The van der Waals surface area contributed by atoms with Gasteiger partial charge < -0.3 is 19.9 Å². The monoisotopic (exact) mass is 743 g/mol. The van der Waals surface area contributed by atoms with Crippen molar-refractivity contribution in [2.24, 2.45) is 0 Å². The number of sulfonamides is 1. The Hall–Kier alpha value is -6.55. The van der Waals surface area contributed by atoms with E-state index in [4.69, 9.17) is 9.47 Å². The largest absolute Gasteiger partial charge is 0.496 e. The number of carboxylic acid groups (broad SMARTS) is 1. The molecule has 0 saturated carbocycles. The van der Waals surface area contributed by atoms with Crippen LogP contribution in [0.4, 0.5) is 18.9 Å². The topological polar surface area (TPSA) is 170 Å². The molecular weight excluding hydrogens is 715 g/mol. The van der Waals surface area contributed by atoms with E-state index in [0.717, 1.165) is 0 Å². The Balaban J connectivity index is 1.22. The van der Waals surface area contributed by atoms with Gasteiger partial charge in [0, 0.05) is 36.6 Å². The predicted octanol–water partition coefficient (Wildman–Crippen LogP) is 6.02. The van der Waals surface area contributed by atoms with Crippen LogP contribution in [0.1, 0.15) is 15.9 Å². The molecule has 0 fully saturated rings. The molecule has 0 unspecified atom stereocenters. The number of carboxylic acids is 1. The molecule has 0 aliphatic rings. The summed E-state index contributed by atoms with van der Waals surface area (Å²) in [6, 6.07) is 15.9. The van der Waals surface area contributed by atoms with Gasteiger partial charge in [0.25, 0.3) is 15.9 Å². The van der Waals surface area contributed by atoms with Crippen LogP contribution in [0.3, 0.4) is 0 Å². The van der Waals surface area contributed by atoms with Crippen LogP contribution < -0.4 is 19.5 Å². The zero-order valence-electron chi connectivity index (χ0n) is 27.8. The lowest BCUT2D eigenvalue weighted by atomic mass is 9.96. The molecular formula is C37H28F3N5O7S. The summed E-state index contributed by atoms with van der Waals surface area (Å²) in [5.41, 5.74) is 1.44. The van der Waals surface area contributed by atoms with Crippen molar-refractivity contribution in [2.75, 3.05) is 18.9 Å². The number of pyridine rings is 1. The van der Waals surface area contributed by atoms with Crippen LogP contribution in [-0.2, 0) is 21.2 Å². The molecule has 0 radical (unpaired) electrons. The molecule has 3 N–H and O–H groups in total. The summed E-state index contributed by atoms with van der Waals surface area (Å²) in [6.45, 7) is 0. The van der Waals surface area contributed by atoms with Crippen LogP contribution in [-0.4, -0.2) is 60.6 Å². The normalized spacial score (nSPS) is 11.9. The Bertz CT molecular complexity index is 2440. The van der Waals surface area contributed by atoms with E-state index in [-0.39, 0.29) is 11.3 Å². The summed E-state index contributed by atoms with van der Waals surface area (Å²) in [5.74, 6) is -5.56. The van der Waals surface area contributed by atoms with Crippen molar-refractivity contribution in [3.05, 3.63) is 126 Å². The number of aliphatic carboxylic acids is 1. The lowest BCUT2D eigenvalue weighted by molar-refractivity contribution is -0.139. The molecule has 12 nitrogen and oxygen atoms in total. The van der Waals surface area contributed by atoms with Gasteiger partial charge in [-0.2, -0.15) is 4.39 Å². The number of rotatable bonds is 12. The maximum Gasteiger partial charge on any atom is 0.326 e. The highest BCUT2D eigenvalue weighted by molar-refractivity contribution is 7.92. The lowest BCUT2D eigenvalue weighted by Gasteiger charge is -2.18. The number of carbonyl (C=O) groups excluding carboxylic acids is 1. The molecule has 0 spiro atoms. The van der Waals surface area contributed by atoms with E-state index < -0.39 is 56.8 Å². The van der Waals surface area contributed by atoms with Crippen molar-refractivity contribution >= 4 is 38.6 Å². The summed E-state index contributed by atoms with van der Waals surface area (Å²) in [5, 5.41) is 12.2. The maximum absolute atomic E-state index is 15.3. The first-order chi connectivity index (χ1) is 25.4.